The molecule has 0 atom stereocenters. The zero-order valence-electron chi connectivity index (χ0n) is 33.8. The number of aryl methyl sites for hydroxylation is 1. The number of nitrogen functional groups attached to an aromatic ring is 1. The molecule has 2 amide bonds. The molecule has 326 valence electrons. The Hall–Kier alpha value is -4.12. The van der Waals surface area contributed by atoms with Crippen molar-refractivity contribution in [3.63, 3.8) is 0 Å². The largest absolute Gasteiger partial charge is 0.383 e. The highest BCUT2D eigenvalue weighted by atomic mass is 32.2. The number of hydrogen-bond donors (Lipinski definition) is 3. The predicted molar refractivity (Wildman–Crippen MR) is 225 cm³/mol. The first kappa shape index (κ1) is 47.6. The number of amides is 2. The smallest absolute Gasteiger partial charge is 0.257 e. The molecule has 4 rings (SSSR count). The lowest BCUT2D eigenvalue weighted by Crippen LogP contribution is -2.27. The Morgan fingerprint density at radius 3 is 1.97 bits per heavy atom. The van der Waals surface area contributed by atoms with Crippen LogP contribution in [0.1, 0.15) is 29.6 Å². The van der Waals surface area contributed by atoms with E-state index < -0.39 is 0 Å². The highest BCUT2D eigenvalue weighted by Crippen LogP contribution is 2.30. The molecule has 0 bridgehead atoms. The van der Waals surface area contributed by atoms with Crippen molar-refractivity contribution < 1.29 is 47.5 Å². The first-order valence-electron chi connectivity index (χ1n) is 19.9. The van der Waals surface area contributed by atoms with Crippen molar-refractivity contribution in [3.8, 4) is 11.3 Å². The third kappa shape index (κ3) is 19.2. The van der Waals surface area contributed by atoms with Crippen molar-refractivity contribution in [2.75, 3.05) is 137 Å². The topological polar surface area (TPSA) is 226 Å². The minimum Gasteiger partial charge on any atom is -0.383 e. The predicted octanol–water partition coefficient (Wildman–Crippen LogP) is 2.03. The highest BCUT2D eigenvalue weighted by molar-refractivity contribution is 8.14. The quantitative estimate of drug-likeness (QED) is 0.0578. The number of fused-ring (bicyclic) bond motifs is 1. The van der Waals surface area contributed by atoms with Crippen LogP contribution in [0.5, 0.6) is 0 Å². The van der Waals surface area contributed by atoms with Gasteiger partial charge in [-0.05, 0) is 31.7 Å². The van der Waals surface area contributed by atoms with Gasteiger partial charge in [0.05, 0.1) is 124 Å². The molecule has 0 radical (unpaired) electrons. The van der Waals surface area contributed by atoms with Gasteiger partial charge in [-0.25, -0.2) is 14.6 Å². The number of aliphatic imine (C=N–C) groups is 2. The van der Waals surface area contributed by atoms with E-state index in [1.54, 1.807) is 22.9 Å². The SMILES string of the molecule is C=NCCOCCOCCOCCOCCOCCOCCOCCOCCC(=O)NCCCCn1nc(-c2cccc(C(=O)NC3=NCCS3)c2)c2c(N)ncnc21. The van der Waals surface area contributed by atoms with Crippen LogP contribution < -0.4 is 16.4 Å². The van der Waals surface area contributed by atoms with E-state index in [9.17, 15) is 9.59 Å². The fraction of sp³-hybridized carbons (Fsp3) is 0.615. The zero-order chi connectivity index (χ0) is 41.6. The van der Waals surface area contributed by atoms with Gasteiger partial charge in [-0.2, -0.15) is 5.10 Å². The van der Waals surface area contributed by atoms with E-state index in [0.29, 0.717) is 165 Å². The van der Waals surface area contributed by atoms with Gasteiger partial charge in [0.1, 0.15) is 17.8 Å². The number of nitrogens with one attached hydrogen (secondary N) is 2. The van der Waals surface area contributed by atoms with Crippen LogP contribution in [0.25, 0.3) is 22.3 Å². The summed E-state index contributed by atoms with van der Waals surface area (Å²) in [5, 5.41) is 11.9. The molecule has 1 aromatic carbocycles. The number of nitrogens with two attached hydrogens (primary N) is 1. The molecule has 3 aromatic rings. The van der Waals surface area contributed by atoms with E-state index in [0.717, 1.165) is 24.2 Å². The van der Waals surface area contributed by atoms with Crippen LogP contribution in [-0.4, -0.2) is 175 Å². The molecule has 0 saturated heterocycles. The van der Waals surface area contributed by atoms with Gasteiger partial charge < -0.3 is 54.3 Å². The number of carbonyl (C=O) groups excluding carboxylic acids is 2. The lowest BCUT2D eigenvalue weighted by Gasteiger charge is -2.09. The summed E-state index contributed by atoms with van der Waals surface area (Å²) in [4.78, 5) is 41.8. The normalized spacial score (nSPS) is 12.6. The maximum Gasteiger partial charge on any atom is 0.257 e. The minimum absolute atomic E-state index is 0.0787. The summed E-state index contributed by atoms with van der Waals surface area (Å²) < 4.78 is 45.5. The average molecular weight is 846 g/mol. The Bertz CT molecular complexity index is 1700. The molecule has 19 nitrogen and oxygen atoms in total. The van der Waals surface area contributed by atoms with Gasteiger partial charge in [-0.15, -0.1) is 0 Å². The van der Waals surface area contributed by atoms with Crippen LogP contribution >= 0.6 is 11.8 Å². The van der Waals surface area contributed by atoms with Crippen molar-refractivity contribution in [2.24, 2.45) is 9.98 Å². The van der Waals surface area contributed by atoms with Crippen LogP contribution in [0.2, 0.25) is 0 Å². The summed E-state index contributed by atoms with van der Waals surface area (Å²) in [5.41, 5.74) is 8.69. The van der Waals surface area contributed by atoms with Crippen molar-refractivity contribution >= 4 is 52.3 Å². The van der Waals surface area contributed by atoms with E-state index >= 15 is 0 Å². The Morgan fingerprint density at radius 2 is 1.39 bits per heavy atom. The first-order chi connectivity index (χ1) is 29.1. The molecular weight excluding hydrogens is 787 g/mol. The van der Waals surface area contributed by atoms with E-state index in [-0.39, 0.29) is 18.2 Å². The van der Waals surface area contributed by atoms with Crippen molar-refractivity contribution in [1.29, 1.82) is 0 Å². The Balaban J connectivity index is 0.940. The lowest BCUT2D eigenvalue weighted by molar-refractivity contribution is -0.122. The number of aromatic nitrogens is 4. The highest BCUT2D eigenvalue weighted by Gasteiger charge is 2.19. The molecule has 2 aromatic heterocycles. The Kier molecular flexibility index (Phi) is 24.2. The number of unbranched alkanes of at least 4 members (excludes halogenated alkanes) is 1. The first-order valence-corrected chi connectivity index (χ1v) is 20.9. The van der Waals surface area contributed by atoms with Gasteiger partial charge in [0.15, 0.2) is 10.8 Å². The number of hydrogen-bond acceptors (Lipinski definition) is 17. The van der Waals surface area contributed by atoms with Crippen LogP contribution in [0.15, 0.2) is 40.6 Å². The summed E-state index contributed by atoms with van der Waals surface area (Å²) in [6, 6.07) is 7.20. The lowest BCUT2D eigenvalue weighted by atomic mass is 10.1. The second-order valence-corrected chi connectivity index (χ2v) is 13.8. The number of benzene rings is 1. The number of thioether (sulfide) groups is 1. The van der Waals surface area contributed by atoms with Crippen LogP contribution in [0.3, 0.4) is 0 Å². The molecular formula is C39H59N9O10S. The van der Waals surface area contributed by atoms with E-state index in [1.165, 1.54) is 18.1 Å². The standard InChI is InChI=1S/C39H59N9O10S/c1-41-9-13-52-15-17-54-19-21-56-23-25-58-27-26-57-24-22-55-20-18-53-16-14-51-12-7-33(49)42-8-2-3-11-48-37-34(36(40)44-30-45-37)35(47-48)31-5-4-6-32(29-31)38(50)46-39-43-10-28-59-39/h4-6,29-30H,1-3,7-28H2,(H,42,49)(H2,40,44,45)(H,43,46,50). The van der Waals surface area contributed by atoms with Gasteiger partial charge in [-0.1, -0.05) is 23.9 Å². The molecule has 4 N–H and O–H groups in total. The van der Waals surface area contributed by atoms with Crippen molar-refractivity contribution in [3.05, 3.63) is 36.2 Å². The van der Waals surface area contributed by atoms with Crippen molar-refractivity contribution in [1.82, 2.24) is 30.4 Å². The monoisotopic (exact) mass is 845 g/mol. The maximum atomic E-state index is 12.9. The Morgan fingerprint density at radius 1 is 0.797 bits per heavy atom. The van der Waals surface area contributed by atoms with Gasteiger partial charge in [0.25, 0.3) is 5.91 Å². The van der Waals surface area contributed by atoms with Gasteiger partial charge in [0, 0.05) is 36.4 Å². The van der Waals surface area contributed by atoms with Crippen LogP contribution in [-0.2, 0) is 49.2 Å². The van der Waals surface area contributed by atoms with E-state index in [1.807, 2.05) is 6.07 Å². The molecule has 20 heteroatoms. The zero-order valence-corrected chi connectivity index (χ0v) is 34.6. The summed E-state index contributed by atoms with van der Waals surface area (Å²) in [6.45, 7) is 13.3. The number of amidine groups is 1. The molecule has 59 heavy (non-hydrogen) atoms. The summed E-state index contributed by atoms with van der Waals surface area (Å²) in [7, 11) is 0. The number of carbonyl (C=O) groups is 2. The minimum atomic E-state index is -0.237. The Labute approximate surface area is 349 Å². The van der Waals surface area contributed by atoms with Gasteiger partial charge in [-0.3, -0.25) is 19.6 Å². The fourth-order valence-electron chi connectivity index (χ4n) is 5.41. The van der Waals surface area contributed by atoms with E-state index in [2.05, 4.69) is 37.3 Å². The number of ether oxygens (including phenoxy) is 8. The molecule has 0 aliphatic carbocycles. The summed E-state index contributed by atoms with van der Waals surface area (Å²) >= 11 is 1.52. The van der Waals surface area contributed by atoms with Crippen LogP contribution in [0, 0.1) is 0 Å². The average Bonchev–Trinajstić information content (AvgIpc) is 3.90. The molecule has 1 aliphatic heterocycles. The molecule has 0 fully saturated rings. The molecule has 3 heterocycles. The second kappa shape index (κ2) is 30.0. The fourth-order valence-corrected chi connectivity index (χ4v) is 6.14. The third-order valence-corrected chi connectivity index (χ3v) is 9.24. The number of anilines is 1. The number of rotatable bonds is 34. The second-order valence-electron chi connectivity index (χ2n) is 12.8. The molecule has 0 spiro atoms. The molecule has 1 aliphatic rings. The van der Waals surface area contributed by atoms with E-state index in [4.69, 9.17) is 48.7 Å². The maximum absolute atomic E-state index is 12.9. The van der Waals surface area contributed by atoms with Gasteiger partial charge in [0.2, 0.25) is 5.91 Å². The van der Waals surface area contributed by atoms with Gasteiger partial charge >= 0.3 is 0 Å². The van der Waals surface area contributed by atoms with Crippen molar-refractivity contribution in [2.45, 2.75) is 25.8 Å². The molecule has 0 saturated carbocycles. The summed E-state index contributed by atoms with van der Waals surface area (Å²) in [6.07, 6.45) is 3.15. The van der Waals surface area contributed by atoms with Crippen LogP contribution in [0.4, 0.5) is 5.82 Å². The summed E-state index contributed by atoms with van der Waals surface area (Å²) in [5.74, 6) is 0.850. The number of nitrogens with zero attached hydrogens (tertiary/aromatic N) is 6. The molecule has 0 unspecified atom stereocenters. The third-order valence-electron chi connectivity index (χ3n) is 8.35.